The summed E-state index contributed by atoms with van der Waals surface area (Å²) in [6, 6.07) is 1.54. The number of anilines is 2. The van der Waals surface area contributed by atoms with Gasteiger partial charge in [0, 0.05) is 18.5 Å². The molecule has 1 aromatic heterocycles. The van der Waals surface area contributed by atoms with Crippen molar-refractivity contribution in [1.29, 1.82) is 0 Å². The molecular formula is C12H17F3N4O. The van der Waals surface area contributed by atoms with Gasteiger partial charge in [-0.05, 0) is 19.8 Å². The number of nitrogens with zero attached hydrogens (tertiary/aromatic N) is 2. The molecule has 0 spiro atoms. The lowest BCUT2D eigenvalue weighted by Crippen LogP contribution is -2.35. The second kappa shape index (κ2) is 5.82. The molecule has 0 aromatic carbocycles. The SMILES string of the molecule is CCNc1cc(NCC(O)C(F)(F)F)nc(C2CC2)n1. The van der Waals surface area contributed by atoms with Gasteiger partial charge in [-0.1, -0.05) is 0 Å². The molecule has 20 heavy (non-hydrogen) atoms. The Bertz CT molecular complexity index is 463. The summed E-state index contributed by atoms with van der Waals surface area (Å²) in [6.07, 6.45) is -5.05. The van der Waals surface area contributed by atoms with E-state index in [2.05, 4.69) is 20.6 Å². The van der Waals surface area contributed by atoms with E-state index in [0.29, 0.717) is 29.9 Å². The van der Waals surface area contributed by atoms with Crippen molar-refractivity contribution in [3.63, 3.8) is 0 Å². The molecule has 3 N–H and O–H groups in total. The second-order valence-corrected chi connectivity index (χ2v) is 4.74. The molecular weight excluding hydrogens is 273 g/mol. The summed E-state index contributed by atoms with van der Waals surface area (Å²) in [6.45, 7) is 1.93. The lowest BCUT2D eigenvalue weighted by molar-refractivity contribution is -0.198. The maximum atomic E-state index is 12.2. The summed E-state index contributed by atoms with van der Waals surface area (Å²) in [5.74, 6) is 1.80. The largest absolute Gasteiger partial charge is 0.416 e. The van der Waals surface area contributed by atoms with E-state index in [4.69, 9.17) is 5.11 Å². The highest BCUT2D eigenvalue weighted by Crippen LogP contribution is 2.38. The third kappa shape index (κ3) is 3.96. The molecule has 1 heterocycles. The Morgan fingerprint density at radius 1 is 1.30 bits per heavy atom. The molecule has 2 rings (SSSR count). The molecule has 1 unspecified atom stereocenters. The summed E-state index contributed by atoms with van der Waals surface area (Å²) < 4.78 is 36.7. The molecule has 1 fully saturated rings. The first-order valence-corrected chi connectivity index (χ1v) is 6.51. The number of aromatic nitrogens is 2. The van der Waals surface area contributed by atoms with Crippen LogP contribution in [0.5, 0.6) is 0 Å². The van der Waals surface area contributed by atoms with Crippen molar-refractivity contribution in [3.8, 4) is 0 Å². The molecule has 112 valence electrons. The summed E-state index contributed by atoms with van der Waals surface area (Å²) in [7, 11) is 0. The van der Waals surface area contributed by atoms with Gasteiger partial charge < -0.3 is 15.7 Å². The highest BCUT2D eigenvalue weighted by Gasteiger charge is 2.38. The van der Waals surface area contributed by atoms with Gasteiger partial charge in [-0.15, -0.1) is 0 Å². The van der Waals surface area contributed by atoms with Gasteiger partial charge in [0.25, 0.3) is 0 Å². The van der Waals surface area contributed by atoms with E-state index in [9.17, 15) is 13.2 Å². The van der Waals surface area contributed by atoms with Crippen LogP contribution in [0.15, 0.2) is 6.07 Å². The Kier molecular flexibility index (Phi) is 4.32. The summed E-state index contributed by atoms with van der Waals surface area (Å²) in [5, 5.41) is 14.5. The Hall–Kier alpha value is -1.57. The van der Waals surface area contributed by atoms with Crippen LogP contribution in [-0.2, 0) is 0 Å². The van der Waals surface area contributed by atoms with Crippen LogP contribution in [0, 0.1) is 0 Å². The second-order valence-electron chi connectivity index (χ2n) is 4.74. The third-order valence-electron chi connectivity index (χ3n) is 2.90. The number of nitrogens with one attached hydrogen (secondary N) is 2. The molecule has 0 amide bonds. The molecule has 5 nitrogen and oxygen atoms in total. The molecule has 1 aliphatic carbocycles. The third-order valence-corrected chi connectivity index (χ3v) is 2.90. The average molecular weight is 290 g/mol. The van der Waals surface area contributed by atoms with Gasteiger partial charge in [0.15, 0.2) is 6.10 Å². The van der Waals surface area contributed by atoms with Crippen LogP contribution in [0.2, 0.25) is 0 Å². The van der Waals surface area contributed by atoms with Gasteiger partial charge in [0.05, 0.1) is 6.54 Å². The predicted molar refractivity (Wildman–Crippen MR) is 68.7 cm³/mol. The Morgan fingerprint density at radius 2 is 1.90 bits per heavy atom. The fraction of sp³-hybridized carbons (Fsp3) is 0.667. The van der Waals surface area contributed by atoms with Crippen LogP contribution < -0.4 is 10.6 Å². The standard InChI is InChI=1S/C12H17F3N4O/c1-2-16-9-5-10(17-6-8(20)12(13,14)15)19-11(18-9)7-3-4-7/h5,7-8,20H,2-4,6H2,1H3,(H2,16,17,18,19). The van der Waals surface area contributed by atoms with Gasteiger partial charge in [0.1, 0.15) is 17.5 Å². The smallest absolute Gasteiger partial charge is 0.382 e. The Balaban J connectivity index is 2.06. The fourth-order valence-corrected chi connectivity index (χ4v) is 1.67. The van der Waals surface area contributed by atoms with Gasteiger partial charge in [0.2, 0.25) is 0 Å². The number of aliphatic hydroxyl groups excluding tert-OH is 1. The number of rotatable bonds is 6. The number of hydrogen-bond acceptors (Lipinski definition) is 5. The number of aliphatic hydroxyl groups is 1. The molecule has 0 bridgehead atoms. The average Bonchev–Trinajstić information content (AvgIpc) is 3.19. The maximum absolute atomic E-state index is 12.2. The van der Waals surface area contributed by atoms with Gasteiger partial charge in [-0.3, -0.25) is 0 Å². The van der Waals surface area contributed by atoms with Crippen LogP contribution in [0.4, 0.5) is 24.8 Å². The number of hydrogen-bond donors (Lipinski definition) is 3. The first-order chi connectivity index (χ1) is 9.40. The zero-order valence-corrected chi connectivity index (χ0v) is 11.0. The Labute approximate surface area is 114 Å². The Morgan fingerprint density at radius 3 is 2.40 bits per heavy atom. The minimum atomic E-state index is -4.64. The molecule has 0 aliphatic heterocycles. The van der Waals surface area contributed by atoms with E-state index in [0.717, 1.165) is 12.8 Å². The number of halogens is 3. The van der Waals surface area contributed by atoms with Crippen molar-refractivity contribution in [1.82, 2.24) is 9.97 Å². The molecule has 0 saturated heterocycles. The zero-order chi connectivity index (χ0) is 14.8. The summed E-state index contributed by atoms with van der Waals surface area (Å²) in [4.78, 5) is 8.51. The maximum Gasteiger partial charge on any atom is 0.416 e. The van der Waals surface area contributed by atoms with E-state index in [-0.39, 0.29) is 0 Å². The van der Waals surface area contributed by atoms with Crippen LogP contribution in [0.25, 0.3) is 0 Å². The van der Waals surface area contributed by atoms with Crippen LogP contribution in [0.3, 0.4) is 0 Å². The fourth-order valence-electron chi connectivity index (χ4n) is 1.67. The topological polar surface area (TPSA) is 70.1 Å². The van der Waals surface area contributed by atoms with Crippen molar-refractivity contribution in [2.24, 2.45) is 0 Å². The van der Waals surface area contributed by atoms with Crippen LogP contribution in [-0.4, -0.2) is 40.4 Å². The van der Waals surface area contributed by atoms with E-state index in [1.165, 1.54) is 0 Å². The van der Waals surface area contributed by atoms with Crippen molar-refractivity contribution < 1.29 is 18.3 Å². The van der Waals surface area contributed by atoms with Crippen molar-refractivity contribution in [3.05, 3.63) is 11.9 Å². The molecule has 1 aliphatic rings. The highest BCUT2D eigenvalue weighted by atomic mass is 19.4. The molecule has 8 heteroatoms. The predicted octanol–water partition coefficient (Wildman–Crippen LogP) is 2.12. The van der Waals surface area contributed by atoms with Gasteiger partial charge in [-0.2, -0.15) is 13.2 Å². The molecule has 1 aromatic rings. The summed E-state index contributed by atoms with van der Waals surface area (Å²) in [5.41, 5.74) is 0. The van der Waals surface area contributed by atoms with Crippen molar-refractivity contribution in [2.75, 3.05) is 23.7 Å². The first kappa shape index (κ1) is 14.8. The van der Waals surface area contributed by atoms with Crippen molar-refractivity contribution >= 4 is 11.6 Å². The van der Waals surface area contributed by atoms with E-state index < -0.39 is 18.8 Å². The quantitative estimate of drug-likeness (QED) is 0.748. The monoisotopic (exact) mass is 290 g/mol. The molecule has 0 radical (unpaired) electrons. The van der Waals surface area contributed by atoms with Crippen LogP contribution >= 0.6 is 0 Å². The zero-order valence-electron chi connectivity index (χ0n) is 11.0. The van der Waals surface area contributed by atoms with E-state index in [1.807, 2.05) is 6.92 Å². The molecule has 1 saturated carbocycles. The first-order valence-electron chi connectivity index (χ1n) is 6.51. The number of alkyl halides is 3. The highest BCUT2D eigenvalue weighted by molar-refractivity contribution is 5.48. The van der Waals surface area contributed by atoms with Crippen LogP contribution in [0.1, 0.15) is 31.5 Å². The normalized spacial score (nSPS) is 16.9. The van der Waals surface area contributed by atoms with Gasteiger partial charge >= 0.3 is 6.18 Å². The minimum absolute atomic E-state index is 0.293. The minimum Gasteiger partial charge on any atom is -0.382 e. The van der Waals surface area contributed by atoms with Crippen molar-refractivity contribution in [2.45, 2.75) is 38.0 Å². The van der Waals surface area contributed by atoms with Gasteiger partial charge in [-0.25, -0.2) is 9.97 Å². The molecule has 1 atom stereocenters. The lowest BCUT2D eigenvalue weighted by Gasteiger charge is -2.16. The lowest BCUT2D eigenvalue weighted by atomic mass is 10.3. The summed E-state index contributed by atoms with van der Waals surface area (Å²) >= 11 is 0. The van der Waals surface area contributed by atoms with E-state index in [1.54, 1.807) is 6.07 Å². The van der Waals surface area contributed by atoms with E-state index >= 15 is 0 Å².